The maximum Gasteiger partial charge on any atom is 0.238 e. The van der Waals surface area contributed by atoms with Crippen LogP contribution in [0.15, 0.2) is 89.8 Å². The lowest BCUT2D eigenvalue weighted by Crippen LogP contribution is -2.41. The number of morpholine rings is 1. The Morgan fingerprint density at radius 3 is 2.70 bits per heavy atom. The number of hydrogen-bond acceptors (Lipinski definition) is 8. The van der Waals surface area contributed by atoms with Crippen molar-refractivity contribution in [2.45, 2.75) is 6.42 Å². The number of ether oxygens (including phenoxy) is 1. The number of aromatic nitrogens is 2. The highest BCUT2D eigenvalue weighted by Crippen LogP contribution is 2.30. The predicted molar refractivity (Wildman–Crippen MR) is 147 cm³/mol. The predicted octanol–water partition coefficient (Wildman–Crippen LogP) is 3.91. The van der Waals surface area contributed by atoms with Crippen molar-refractivity contribution >= 4 is 34.5 Å². The average Bonchev–Trinajstić information content (AvgIpc) is 3.45. The van der Waals surface area contributed by atoms with Crippen molar-refractivity contribution in [1.82, 2.24) is 20.3 Å². The van der Waals surface area contributed by atoms with Gasteiger partial charge < -0.3 is 15.4 Å². The Kier molecular flexibility index (Phi) is 7.63. The Hall–Kier alpha value is -4.34. The summed E-state index contributed by atoms with van der Waals surface area (Å²) < 4.78 is 5.38. The fraction of sp³-hybridized carbons (Fsp3) is 0.214. The molecule has 1 saturated heterocycles. The standard InChI is InChI=1S/C28H29N7O2/c1-2-20(11-12-21-13-14-29-34-21)30-27-23-8-4-6-10-25(23)32-28(33-27)22-7-3-5-9-24(22)31-26(36)19-35-15-17-37-18-16-35/h2-12,14,34H,1,13,15-19H2,(H,31,36)(H,30,32,33)/b20-11+,21-12+. The first-order valence-electron chi connectivity index (χ1n) is 12.2. The fourth-order valence-corrected chi connectivity index (χ4v) is 4.14. The summed E-state index contributed by atoms with van der Waals surface area (Å²) in [7, 11) is 0. The number of carbonyl (C=O) groups is 1. The largest absolute Gasteiger partial charge is 0.379 e. The smallest absolute Gasteiger partial charge is 0.238 e. The lowest BCUT2D eigenvalue weighted by molar-refractivity contribution is -0.118. The summed E-state index contributed by atoms with van der Waals surface area (Å²) in [5, 5.41) is 11.3. The number of nitrogens with zero attached hydrogens (tertiary/aromatic N) is 4. The molecule has 0 bridgehead atoms. The number of rotatable bonds is 8. The Bertz CT molecular complexity index is 1380. The van der Waals surface area contributed by atoms with E-state index in [4.69, 9.17) is 14.7 Å². The second-order valence-corrected chi connectivity index (χ2v) is 8.67. The lowest BCUT2D eigenvalue weighted by Gasteiger charge is -2.26. The molecule has 1 fully saturated rings. The number of hydrogen-bond donors (Lipinski definition) is 3. The van der Waals surface area contributed by atoms with E-state index >= 15 is 0 Å². The molecule has 2 aliphatic rings. The third kappa shape index (κ3) is 6.08. The first kappa shape index (κ1) is 24.4. The van der Waals surface area contributed by atoms with E-state index in [9.17, 15) is 4.79 Å². The van der Waals surface area contributed by atoms with Gasteiger partial charge in [-0.3, -0.25) is 15.1 Å². The van der Waals surface area contributed by atoms with Crippen LogP contribution in [-0.4, -0.2) is 59.8 Å². The third-order valence-electron chi connectivity index (χ3n) is 6.07. The van der Waals surface area contributed by atoms with Crippen molar-refractivity contribution < 1.29 is 9.53 Å². The van der Waals surface area contributed by atoms with Crippen LogP contribution in [0.5, 0.6) is 0 Å². The van der Waals surface area contributed by atoms with Crippen LogP contribution in [-0.2, 0) is 9.53 Å². The minimum Gasteiger partial charge on any atom is -0.379 e. The van der Waals surface area contributed by atoms with Crippen molar-refractivity contribution in [2.75, 3.05) is 43.5 Å². The van der Waals surface area contributed by atoms with E-state index < -0.39 is 0 Å². The van der Waals surface area contributed by atoms with Gasteiger partial charge in [-0.15, -0.1) is 0 Å². The second kappa shape index (κ2) is 11.6. The van der Waals surface area contributed by atoms with Crippen LogP contribution >= 0.6 is 0 Å². The highest BCUT2D eigenvalue weighted by molar-refractivity contribution is 5.97. The van der Waals surface area contributed by atoms with E-state index in [0.29, 0.717) is 37.1 Å². The molecule has 0 aliphatic carbocycles. The van der Waals surface area contributed by atoms with Crippen molar-refractivity contribution in [3.8, 4) is 11.4 Å². The van der Waals surface area contributed by atoms with Gasteiger partial charge in [0.05, 0.1) is 31.0 Å². The fourth-order valence-electron chi connectivity index (χ4n) is 4.14. The van der Waals surface area contributed by atoms with Crippen LogP contribution in [0.25, 0.3) is 22.3 Å². The topological polar surface area (TPSA) is 104 Å². The van der Waals surface area contributed by atoms with Gasteiger partial charge in [0.15, 0.2) is 5.82 Å². The maximum atomic E-state index is 12.8. The quantitative estimate of drug-likeness (QED) is 0.407. The van der Waals surface area contributed by atoms with Gasteiger partial charge in [0.2, 0.25) is 5.91 Å². The molecule has 188 valence electrons. The molecule has 0 spiro atoms. The Morgan fingerprint density at radius 2 is 1.89 bits per heavy atom. The first-order chi connectivity index (χ1) is 18.2. The summed E-state index contributed by atoms with van der Waals surface area (Å²) in [4.78, 5) is 24.6. The summed E-state index contributed by atoms with van der Waals surface area (Å²) in [5.74, 6) is 1.08. The van der Waals surface area contributed by atoms with Crippen molar-refractivity contribution in [3.63, 3.8) is 0 Å². The highest BCUT2D eigenvalue weighted by Gasteiger charge is 2.17. The van der Waals surface area contributed by atoms with Gasteiger partial charge in [-0.25, -0.2) is 9.97 Å². The number of allylic oxidation sites excluding steroid dienone is 4. The molecule has 3 heterocycles. The molecular weight excluding hydrogens is 466 g/mol. The number of para-hydroxylation sites is 2. The lowest BCUT2D eigenvalue weighted by atomic mass is 10.1. The molecule has 0 radical (unpaired) electrons. The number of anilines is 2. The van der Waals surface area contributed by atoms with Crippen LogP contribution in [0.1, 0.15) is 6.42 Å². The zero-order chi connectivity index (χ0) is 25.5. The van der Waals surface area contributed by atoms with Crippen molar-refractivity contribution in [2.24, 2.45) is 5.10 Å². The van der Waals surface area contributed by atoms with Crippen molar-refractivity contribution in [3.05, 3.63) is 84.7 Å². The minimum absolute atomic E-state index is 0.0806. The number of carbonyl (C=O) groups excluding carboxylic acids is 1. The molecular formula is C28H29N7O2. The molecule has 1 amide bonds. The number of hydrazone groups is 1. The highest BCUT2D eigenvalue weighted by atomic mass is 16.5. The third-order valence-corrected chi connectivity index (χ3v) is 6.07. The van der Waals surface area contributed by atoms with Crippen LogP contribution < -0.4 is 16.1 Å². The minimum atomic E-state index is -0.0806. The van der Waals surface area contributed by atoms with Gasteiger partial charge in [-0.1, -0.05) is 30.8 Å². The van der Waals surface area contributed by atoms with Gasteiger partial charge in [-0.2, -0.15) is 5.10 Å². The molecule has 9 nitrogen and oxygen atoms in total. The summed E-state index contributed by atoms with van der Waals surface area (Å²) in [6.45, 7) is 7.04. The molecule has 37 heavy (non-hydrogen) atoms. The van der Waals surface area contributed by atoms with Gasteiger partial charge in [0, 0.05) is 48.1 Å². The number of fused-ring (bicyclic) bond motifs is 1. The van der Waals surface area contributed by atoms with E-state index in [0.717, 1.165) is 47.4 Å². The number of amides is 1. The maximum absolute atomic E-state index is 12.8. The SMILES string of the molecule is C=C/C(=C\C=C1/CC=NN1)Nc1nc(-c2ccccc2NC(=O)CN2CCOCC2)nc2ccccc12. The van der Waals surface area contributed by atoms with Gasteiger partial charge in [-0.05, 0) is 42.5 Å². The normalized spacial score (nSPS) is 17.1. The molecule has 3 aromatic rings. The number of nitrogens with one attached hydrogen (secondary N) is 3. The van der Waals surface area contributed by atoms with Crippen LogP contribution in [0.3, 0.4) is 0 Å². The molecule has 3 N–H and O–H groups in total. The molecule has 0 unspecified atom stereocenters. The molecule has 2 aromatic carbocycles. The van der Waals surface area contributed by atoms with E-state index in [1.54, 1.807) is 6.08 Å². The van der Waals surface area contributed by atoms with Crippen LogP contribution in [0, 0.1) is 0 Å². The second-order valence-electron chi connectivity index (χ2n) is 8.67. The Balaban J connectivity index is 1.44. The Morgan fingerprint density at radius 1 is 1.08 bits per heavy atom. The molecule has 0 saturated carbocycles. The molecule has 2 aliphatic heterocycles. The van der Waals surface area contributed by atoms with Crippen LogP contribution in [0.2, 0.25) is 0 Å². The summed E-state index contributed by atoms with van der Waals surface area (Å²) in [5.41, 5.74) is 6.93. The van der Waals surface area contributed by atoms with E-state index in [1.165, 1.54) is 0 Å². The molecule has 9 heteroatoms. The Labute approximate surface area is 215 Å². The summed E-state index contributed by atoms with van der Waals surface area (Å²) in [6.07, 6.45) is 8.21. The molecule has 5 rings (SSSR count). The van der Waals surface area contributed by atoms with Crippen molar-refractivity contribution in [1.29, 1.82) is 0 Å². The monoisotopic (exact) mass is 495 g/mol. The average molecular weight is 496 g/mol. The summed E-state index contributed by atoms with van der Waals surface area (Å²) in [6, 6.07) is 15.4. The van der Waals surface area contributed by atoms with Gasteiger partial charge >= 0.3 is 0 Å². The van der Waals surface area contributed by atoms with Crippen LogP contribution in [0.4, 0.5) is 11.5 Å². The van der Waals surface area contributed by atoms with E-state index in [-0.39, 0.29) is 5.91 Å². The zero-order valence-electron chi connectivity index (χ0n) is 20.5. The molecule has 1 aromatic heterocycles. The van der Waals surface area contributed by atoms with Gasteiger partial charge in [0.1, 0.15) is 5.82 Å². The molecule has 0 atom stereocenters. The zero-order valence-corrected chi connectivity index (χ0v) is 20.5. The van der Waals surface area contributed by atoms with E-state index in [1.807, 2.05) is 66.9 Å². The summed E-state index contributed by atoms with van der Waals surface area (Å²) >= 11 is 0. The van der Waals surface area contributed by atoms with E-state index in [2.05, 4.69) is 32.6 Å². The van der Waals surface area contributed by atoms with Gasteiger partial charge in [0.25, 0.3) is 0 Å². The number of benzene rings is 2. The first-order valence-corrected chi connectivity index (χ1v) is 12.2.